The third-order valence-electron chi connectivity index (χ3n) is 2.54. The number of nitrogens with one attached hydrogen (secondary N) is 1. The number of halogens is 1. The van der Waals surface area contributed by atoms with Crippen LogP contribution in [0, 0.1) is 0 Å². The zero-order valence-electron chi connectivity index (χ0n) is 9.86. The van der Waals surface area contributed by atoms with Gasteiger partial charge in [-0.05, 0) is 40.0 Å². The smallest absolute Gasteiger partial charge is 0.225 e. The number of thiophene rings is 1. The molecule has 4 heteroatoms. The van der Waals surface area contributed by atoms with E-state index in [0.717, 1.165) is 15.1 Å². The summed E-state index contributed by atoms with van der Waals surface area (Å²) in [6.45, 7) is 0.690. The highest BCUT2D eigenvalue weighted by Crippen LogP contribution is 2.22. The van der Waals surface area contributed by atoms with E-state index in [2.05, 4.69) is 33.4 Å². The quantitative estimate of drug-likeness (QED) is 0.897. The Morgan fingerprint density at radius 3 is 2.61 bits per heavy atom. The van der Waals surface area contributed by atoms with Crippen LogP contribution in [0.3, 0.4) is 0 Å². The highest BCUT2D eigenvalue weighted by Gasteiger charge is 2.05. The zero-order valence-corrected chi connectivity index (χ0v) is 12.3. The van der Waals surface area contributed by atoms with Crippen LogP contribution in [0.4, 0.5) is 0 Å². The normalized spacial score (nSPS) is 10.3. The summed E-state index contributed by atoms with van der Waals surface area (Å²) >= 11 is 4.99. The van der Waals surface area contributed by atoms with Gasteiger partial charge in [-0.25, -0.2) is 0 Å². The van der Waals surface area contributed by atoms with Gasteiger partial charge >= 0.3 is 0 Å². The Bertz CT molecular complexity index is 510. The van der Waals surface area contributed by atoms with Gasteiger partial charge in [-0.2, -0.15) is 0 Å². The van der Waals surface area contributed by atoms with Crippen molar-refractivity contribution in [2.24, 2.45) is 0 Å². The topological polar surface area (TPSA) is 29.1 Å². The lowest BCUT2D eigenvalue weighted by atomic mass is 10.1. The van der Waals surface area contributed by atoms with Gasteiger partial charge in [0.15, 0.2) is 0 Å². The van der Waals surface area contributed by atoms with E-state index >= 15 is 0 Å². The molecule has 1 aromatic carbocycles. The molecule has 0 unspecified atom stereocenters. The number of rotatable bonds is 5. The van der Waals surface area contributed by atoms with E-state index in [1.165, 1.54) is 5.56 Å². The van der Waals surface area contributed by atoms with E-state index in [0.29, 0.717) is 13.0 Å². The second-order valence-electron chi connectivity index (χ2n) is 3.97. The van der Waals surface area contributed by atoms with Crippen molar-refractivity contribution >= 4 is 33.2 Å². The molecule has 2 rings (SSSR count). The molecule has 0 spiro atoms. The third kappa shape index (κ3) is 4.27. The van der Waals surface area contributed by atoms with Crippen LogP contribution in [0.1, 0.15) is 10.4 Å². The van der Waals surface area contributed by atoms with Gasteiger partial charge in [-0.3, -0.25) is 4.79 Å². The predicted octanol–water partition coefficient (Wildman–Crippen LogP) is 3.41. The van der Waals surface area contributed by atoms with Crippen molar-refractivity contribution < 1.29 is 4.79 Å². The van der Waals surface area contributed by atoms with E-state index in [1.54, 1.807) is 11.3 Å². The molecule has 1 aromatic heterocycles. The van der Waals surface area contributed by atoms with E-state index < -0.39 is 0 Å². The van der Waals surface area contributed by atoms with Crippen LogP contribution >= 0.6 is 27.3 Å². The number of benzene rings is 1. The summed E-state index contributed by atoms with van der Waals surface area (Å²) < 4.78 is 1.06. The molecule has 0 saturated carbocycles. The molecule has 0 aliphatic carbocycles. The number of carbonyl (C=O) groups excluding carboxylic acids is 1. The Labute approximate surface area is 119 Å². The van der Waals surface area contributed by atoms with Crippen LogP contribution < -0.4 is 5.32 Å². The Hall–Kier alpha value is -1.13. The third-order valence-corrected chi connectivity index (χ3v) is 4.17. The minimum absolute atomic E-state index is 0.0836. The molecule has 0 fully saturated rings. The van der Waals surface area contributed by atoms with Crippen LogP contribution in [0.2, 0.25) is 0 Å². The summed E-state index contributed by atoms with van der Waals surface area (Å²) in [7, 11) is 0. The van der Waals surface area contributed by atoms with Crippen molar-refractivity contribution in [3.63, 3.8) is 0 Å². The van der Waals surface area contributed by atoms with Crippen LogP contribution in [0.5, 0.6) is 0 Å². The molecule has 0 radical (unpaired) electrons. The molecule has 0 atom stereocenters. The Morgan fingerprint density at radius 2 is 1.94 bits per heavy atom. The van der Waals surface area contributed by atoms with Gasteiger partial charge in [0, 0.05) is 11.4 Å². The van der Waals surface area contributed by atoms with Crippen LogP contribution in [-0.4, -0.2) is 12.5 Å². The summed E-state index contributed by atoms with van der Waals surface area (Å²) in [5.74, 6) is 0.0836. The summed E-state index contributed by atoms with van der Waals surface area (Å²) in [4.78, 5) is 12.8. The van der Waals surface area contributed by atoms with E-state index in [-0.39, 0.29) is 5.91 Å². The van der Waals surface area contributed by atoms with Crippen LogP contribution in [0.15, 0.2) is 46.3 Å². The van der Waals surface area contributed by atoms with Gasteiger partial charge in [0.1, 0.15) is 0 Å². The SMILES string of the molecule is O=C(Cc1ccc(Br)s1)NCCc1ccccc1. The fourth-order valence-electron chi connectivity index (χ4n) is 1.66. The van der Waals surface area contributed by atoms with Crippen molar-refractivity contribution in [2.45, 2.75) is 12.8 Å². The summed E-state index contributed by atoms with van der Waals surface area (Å²) in [5.41, 5.74) is 1.25. The Morgan fingerprint density at radius 1 is 1.17 bits per heavy atom. The molecular formula is C14H14BrNOS. The molecule has 1 heterocycles. The van der Waals surface area contributed by atoms with Gasteiger partial charge < -0.3 is 5.32 Å². The maximum absolute atomic E-state index is 11.7. The number of amides is 1. The molecule has 1 amide bonds. The average molecular weight is 324 g/mol. The fourth-order valence-corrected chi connectivity index (χ4v) is 3.14. The maximum Gasteiger partial charge on any atom is 0.225 e. The minimum atomic E-state index is 0.0836. The van der Waals surface area contributed by atoms with Crippen LogP contribution in [-0.2, 0) is 17.6 Å². The van der Waals surface area contributed by atoms with Crippen molar-refractivity contribution in [1.82, 2.24) is 5.32 Å². The number of carbonyl (C=O) groups is 1. The highest BCUT2D eigenvalue weighted by molar-refractivity contribution is 9.11. The summed E-state index contributed by atoms with van der Waals surface area (Å²) in [5, 5.41) is 2.94. The van der Waals surface area contributed by atoms with Crippen molar-refractivity contribution in [1.29, 1.82) is 0 Å². The zero-order chi connectivity index (χ0) is 12.8. The molecule has 0 saturated heterocycles. The molecule has 0 bridgehead atoms. The lowest BCUT2D eigenvalue weighted by Gasteiger charge is -2.04. The number of hydrogen-bond donors (Lipinski definition) is 1. The molecule has 0 aliphatic rings. The molecule has 18 heavy (non-hydrogen) atoms. The second kappa shape index (κ2) is 6.71. The van der Waals surface area contributed by atoms with Crippen molar-refractivity contribution in [2.75, 3.05) is 6.54 Å². The first-order valence-corrected chi connectivity index (χ1v) is 7.40. The van der Waals surface area contributed by atoms with Gasteiger partial charge in [0.05, 0.1) is 10.2 Å². The summed E-state index contributed by atoms with van der Waals surface area (Å²) in [6.07, 6.45) is 1.34. The van der Waals surface area contributed by atoms with Crippen molar-refractivity contribution in [3.05, 3.63) is 56.7 Å². The minimum Gasteiger partial charge on any atom is -0.355 e. The molecule has 0 aliphatic heterocycles. The molecule has 2 aromatic rings. The Balaban J connectivity index is 1.72. The van der Waals surface area contributed by atoms with Gasteiger partial charge in [-0.1, -0.05) is 30.3 Å². The maximum atomic E-state index is 11.7. The monoisotopic (exact) mass is 323 g/mol. The summed E-state index contributed by atoms with van der Waals surface area (Å²) in [6, 6.07) is 14.1. The molecular weight excluding hydrogens is 310 g/mol. The second-order valence-corrected chi connectivity index (χ2v) is 6.52. The highest BCUT2D eigenvalue weighted by atomic mass is 79.9. The fraction of sp³-hybridized carbons (Fsp3) is 0.214. The van der Waals surface area contributed by atoms with E-state index in [4.69, 9.17) is 0 Å². The first-order chi connectivity index (χ1) is 8.74. The number of hydrogen-bond acceptors (Lipinski definition) is 2. The Kier molecular flexibility index (Phi) is 4.96. The largest absolute Gasteiger partial charge is 0.355 e. The average Bonchev–Trinajstić information content (AvgIpc) is 2.76. The van der Waals surface area contributed by atoms with E-state index in [9.17, 15) is 4.79 Å². The lowest BCUT2D eigenvalue weighted by Crippen LogP contribution is -2.26. The van der Waals surface area contributed by atoms with Crippen molar-refractivity contribution in [3.8, 4) is 0 Å². The first-order valence-electron chi connectivity index (χ1n) is 5.79. The lowest BCUT2D eigenvalue weighted by molar-refractivity contribution is -0.120. The van der Waals surface area contributed by atoms with Gasteiger partial charge in [0.2, 0.25) is 5.91 Å². The van der Waals surface area contributed by atoms with Gasteiger partial charge in [-0.15, -0.1) is 11.3 Å². The standard InChI is InChI=1S/C14H14BrNOS/c15-13-7-6-12(18-13)10-14(17)16-9-8-11-4-2-1-3-5-11/h1-7H,8-10H2,(H,16,17). The predicted molar refractivity (Wildman–Crippen MR) is 78.9 cm³/mol. The van der Waals surface area contributed by atoms with Gasteiger partial charge in [0.25, 0.3) is 0 Å². The van der Waals surface area contributed by atoms with E-state index in [1.807, 2.05) is 30.3 Å². The first kappa shape index (κ1) is 13.3. The van der Waals surface area contributed by atoms with Crippen LogP contribution in [0.25, 0.3) is 0 Å². The molecule has 1 N–H and O–H groups in total. The molecule has 94 valence electrons. The molecule has 2 nitrogen and oxygen atoms in total.